The van der Waals surface area contributed by atoms with Gasteiger partial charge in [0.15, 0.2) is 0 Å². The normalized spacial score (nSPS) is 17.8. The number of nitrogens with two attached hydrogens (primary N) is 1. The van der Waals surface area contributed by atoms with Gasteiger partial charge in [0.25, 0.3) is 11.2 Å². The first kappa shape index (κ1) is 23.7. The zero-order valence-corrected chi connectivity index (χ0v) is 18.7. The lowest BCUT2D eigenvalue weighted by Crippen LogP contribution is -2.41. The Hall–Kier alpha value is -4.49. The third-order valence-electron chi connectivity index (χ3n) is 6.11. The van der Waals surface area contributed by atoms with E-state index >= 15 is 0 Å². The molecule has 0 radical (unpaired) electrons. The smallest absolute Gasteiger partial charge is 0.273 e. The second-order valence-corrected chi connectivity index (χ2v) is 8.25. The number of amides is 3. The molecule has 1 aromatic heterocycles. The Morgan fingerprint density at radius 3 is 2.63 bits per heavy atom. The van der Waals surface area contributed by atoms with Crippen molar-refractivity contribution in [3.63, 3.8) is 0 Å². The molecule has 35 heavy (non-hydrogen) atoms. The molecule has 4 rings (SSSR count). The lowest BCUT2D eigenvalue weighted by molar-refractivity contribution is -0.384. The minimum Gasteiger partial charge on any atom is -0.494 e. The number of primary amides is 1. The number of benzene rings is 1. The number of nitrogens with one attached hydrogen (secondary N) is 3. The average molecular weight is 485 g/mol. The fourth-order valence-electron chi connectivity index (χ4n) is 4.23. The standard InChI is InChI=1S/C21H23N7O7/c1-35-14-8-11(28(33)34)2-3-13(14)23-19(31)12-9-15(29)24-18-16(12)20(32)26-21(25-18)27-6-4-10(5-7-27)17(22)30/h2-3,8,10,12H,4-7,9H2,1H3,(H2,22,30)(H,23,31)(H2,24,25,26,29,32). The Balaban J connectivity index is 1.60. The van der Waals surface area contributed by atoms with Crippen molar-refractivity contribution < 1.29 is 24.0 Å². The molecule has 1 aromatic carbocycles. The van der Waals surface area contributed by atoms with Gasteiger partial charge in [-0.15, -0.1) is 0 Å². The molecular formula is C21H23N7O7. The lowest BCUT2D eigenvalue weighted by atomic mass is 9.92. The maximum Gasteiger partial charge on any atom is 0.273 e. The number of nitrogens with zero attached hydrogens (tertiary/aromatic N) is 3. The van der Waals surface area contributed by atoms with Crippen LogP contribution in [-0.2, 0) is 14.4 Å². The van der Waals surface area contributed by atoms with Crippen LogP contribution in [0.5, 0.6) is 5.75 Å². The summed E-state index contributed by atoms with van der Waals surface area (Å²) in [5, 5.41) is 16.1. The van der Waals surface area contributed by atoms with Crippen LogP contribution in [0.4, 0.5) is 23.1 Å². The summed E-state index contributed by atoms with van der Waals surface area (Å²) in [5.41, 5.74) is 4.70. The second-order valence-electron chi connectivity index (χ2n) is 8.25. The van der Waals surface area contributed by atoms with E-state index in [1.807, 2.05) is 0 Å². The number of anilines is 3. The Labute approximate surface area is 198 Å². The van der Waals surface area contributed by atoms with Gasteiger partial charge < -0.3 is 26.0 Å². The van der Waals surface area contributed by atoms with Gasteiger partial charge in [-0.2, -0.15) is 4.98 Å². The van der Waals surface area contributed by atoms with Crippen LogP contribution in [0.25, 0.3) is 0 Å². The van der Waals surface area contributed by atoms with Crippen molar-refractivity contribution in [1.82, 2.24) is 9.97 Å². The van der Waals surface area contributed by atoms with E-state index in [1.54, 1.807) is 4.90 Å². The summed E-state index contributed by atoms with van der Waals surface area (Å²) in [7, 11) is 1.29. The van der Waals surface area contributed by atoms with Crippen LogP contribution in [0.1, 0.15) is 30.7 Å². The Morgan fingerprint density at radius 1 is 1.29 bits per heavy atom. The maximum absolute atomic E-state index is 13.1. The van der Waals surface area contributed by atoms with Crippen LogP contribution in [0.2, 0.25) is 0 Å². The molecule has 2 aliphatic heterocycles. The number of ether oxygens (including phenoxy) is 1. The van der Waals surface area contributed by atoms with Crippen LogP contribution in [0.15, 0.2) is 23.0 Å². The zero-order valence-electron chi connectivity index (χ0n) is 18.7. The van der Waals surface area contributed by atoms with Gasteiger partial charge in [-0.05, 0) is 18.9 Å². The number of H-pyrrole nitrogens is 1. The number of piperidine rings is 1. The molecule has 1 fully saturated rings. The van der Waals surface area contributed by atoms with E-state index < -0.39 is 28.2 Å². The molecule has 1 unspecified atom stereocenters. The summed E-state index contributed by atoms with van der Waals surface area (Å²) in [6, 6.07) is 3.65. The Morgan fingerprint density at radius 2 is 2.00 bits per heavy atom. The molecule has 14 nitrogen and oxygen atoms in total. The van der Waals surface area contributed by atoms with E-state index in [-0.39, 0.29) is 52.7 Å². The third-order valence-corrected chi connectivity index (χ3v) is 6.11. The highest BCUT2D eigenvalue weighted by atomic mass is 16.6. The summed E-state index contributed by atoms with van der Waals surface area (Å²) in [6.45, 7) is 0.875. The average Bonchev–Trinajstić information content (AvgIpc) is 2.83. The number of fused-ring (bicyclic) bond motifs is 1. The molecular weight excluding hydrogens is 462 g/mol. The summed E-state index contributed by atoms with van der Waals surface area (Å²) in [6.07, 6.45) is 0.720. The van der Waals surface area contributed by atoms with Gasteiger partial charge in [-0.1, -0.05) is 0 Å². The predicted octanol–water partition coefficient (Wildman–Crippen LogP) is 0.453. The summed E-state index contributed by atoms with van der Waals surface area (Å²) >= 11 is 0. The van der Waals surface area contributed by atoms with Crippen LogP contribution < -0.4 is 31.6 Å². The highest BCUT2D eigenvalue weighted by Gasteiger charge is 2.36. The van der Waals surface area contributed by atoms with E-state index in [1.165, 1.54) is 19.2 Å². The quantitative estimate of drug-likeness (QED) is 0.331. The fourth-order valence-corrected chi connectivity index (χ4v) is 4.23. The summed E-state index contributed by atoms with van der Waals surface area (Å²) < 4.78 is 5.13. The van der Waals surface area contributed by atoms with Gasteiger partial charge in [0.2, 0.25) is 23.7 Å². The molecule has 184 valence electrons. The molecule has 14 heteroatoms. The molecule has 0 aliphatic carbocycles. The molecule has 0 bridgehead atoms. The number of nitro benzene ring substituents is 1. The molecule has 5 N–H and O–H groups in total. The first-order valence-corrected chi connectivity index (χ1v) is 10.8. The van der Waals surface area contributed by atoms with Crippen LogP contribution >= 0.6 is 0 Å². The molecule has 2 aromatic rings. The monoisotopic (exact) mass is 485 g/mol. The number of aromatic nitrogens is 2. The summed E-state index contributed by atoms with van der Waals surface area (Å²) in [5.74, 6) is -2.69. The van der Waals surface area contributed by atoms with Gasteiger partial charge in [0.05, 0.1) is 35.3 Å². The number of carbonyl (C=O) groups is 3. The number of aromatic amines is 1. The SMILES string of the molecule is COc1cc([N+](=O)[O-])ccc1NC(=O)C1CC(=O)Nc2nc(N3CCC(C(N)=O)CC3)[nH]c(=O)c21. The van der Waals surface area contributed by atoms with Gasteiger partial charge in [-0.25, -0.2) is 0 Å². The zero-order chi connectivity index (χ0) is 25.3. The highest BCUT2D eigenvalue weighted by molar-refractivity contribution is 6.05. The number of hydrogen-bond donors (Lipinski definition) is 4. The van der Waals surface area contributed by atoms with Crippen molar-refractivity contribution in [2.75, 3.05) is 35.7 Å². The van der Waals surface area contributed by atoms with Crippen LogP contribution in [0, 0.1) is 16.0 Å². The van der Waals surface area contributed by atoms with Crippen LogP contribution in [0.3, 0.4) is 0 Å². The van der Waals surface area contributed by atoms with E-state index in [2.05, 4.69) is 20.6 Å². The lowest BCUT2D eigenvalue weighted by Gasteiger charge is -2.32. The molecule has 0 spiro atoms. The van der Waals surface area contributed by atoms with Crippen molar-refractivity contribution in [3.8, 4) is 5.75 Å². The van der Waals surface area contributed by atoms with Crippen molar-refractivity contribution in [3.05, 3.63) is 44.2 Å². The number of carbonyl (C=O) groups excluding carboxylic acids is 3. The van der Waals surface area contributed by atoms with Crippen molar-refractivity contribution in [2.24, 2.45) is 11.7 Å². The van der Waals surface area contributed by atoms with Crippen molar-refractivity contribution in [1.29, 1.82) is 0 Å². The van der Waals surface area contributed by atoms with E-state index in [0.29, 0.717) is 25.9 Å². The van der Waals surface area contributed by atoms with Crippen molar-refractivity contribution >= 4 is 40.9 Å². The minimum absolute atomic E-state index is 0.00116. The van der Waals surface area contributed by atoms with E-state index in [4.69, 9.17) is 10.5 Å². The largest absolute Gasteiger partial charge is 0.494 e. The fraction of sp³-hybridized carbons (Fsp3) is 0.381. The minimum atomic E-state index is -1.15. The Kier molecular flexibility index (Phi) is 6.36. The second kappa shape index (κ2) is 9.40. The molecule has 3 heterocycles. The predicted molar refractivity (Wildman–Crippen MR) is 123 cm³/mol. The first-order valence-electron chi connectivity index (χ1n) is 10.8. The molecule has 1 atom stereocenters. The molecule has 3 amide bonds. The molecule has 2 aliphatic rings. The third kappa shape index (κ3) is 4.76. The topological polar surface area (TPSA) is 203 Å². The summed E-state index contributed by atoms with van der Waals surface area (Å²) in [4.78, 5) is 69.0. The van der Waals surface area contributed by atoms with Gasteiger partial charge in [-0.3, -0.25) is 34.3 Å². The number of hydrogen-bond acceptors (Lipinski definition) is 9. The molecule has 0 saturated carbocycles. The Bertz CT molecular complexity index is 1270. The number of rotatable bonds is 6. The number of non-ortho nitro benzene ring substituents is 1. The van der Waals surface area contributed by atoms with Crippen LogP contribution in [-0.4, -0.2) is 52.8 Å². The van der Waals surface area contributed by atoms with E-state index in [9.17, 15) is 29.3 Å². The first-order chi connectivity index (χ1) is 16.7. The maximum atomic E-state index is 13.1. The van der Waals surface area contributed by atoms with Gasteiger partial charge in [0, 0.05) is 31.5 Å². The van der Waals surface area contributed by atoms with E-state index in [0.717, 1.165) is 6.07 Å². The number of nitro groups is 1. The highest BCUT2D eigenvalue weighted by Crippen LogP contribution is 2.33. The molecule has 1 saturated heterocycles. The number of methoxy groups -OCH3 is 1. The van der Waals surface area contributed by atoms with Crippen molar-refractivity contribution in [2.45, 2.75) is 25.2 Å². The van der Waals surface area contributed by atoms with Gasteiger partial charge in [0.1, 0.15) is 11.6 Å². The van der Waals surface area contributed by atoms with Gasteiger partial charge >= 0.3 is 0 Å².